The molecule has 10 heteroatoms. The van der Waals surface area contributed by atoms with Gasteiger partial charge in [0, 0.05) is 17.1 Å². The van der Waals surface area contributed by atoms with Gasteiger partial charge < -0.3 is 9.30 Å². The van der Waals surface area contributed by atoms with Gasteiger partial charge in [-0.1, -0.05) is 17.7 Å². The Kier molecular flexibility index (Phi) is 6.27. The SMILES string of the molecule is COC(=O)c1ccc(-n2c(C)cc(/C=C3\C(=O)NC(=O)N(c4cccc(F)c4)C3=O)c2C)cc1Cl. The van der Waals surface area contributed by atoms with E-state index in [9.17, 15) is 23.6 Å². The zero-order chi connectivity index (χ0) is 25.4. The minimum Gasteiger partial charge on any atom is -0.465 e. The summed E-state index contributed by atoms with van der Waals surface area (Å²) in [6.07, 6.45) is 1.37. The molecule has 0 unspecified atom stereocenters. The first-order chi connectivity index (χ1) is 16.6. The predicted octanol–water partition coefficient (Wildman–Crippen LogP) is 4.34. The molecule has 35 heavy (non-hydrogen) atoms. The van der Waals surface area contributed by atoms with Crippen molar-refractivity contribution in [2.24, 2.45) is 0 Å². The summed E-state index contributed by atoms with van der Waals surface area (Å²) in [5.74, 6) is -2.93. The molecule has 2 aromatic carbocycles. The van der Waals surface area contributed by atoms with Gasteiger partial charge in [0.25, 0.3) is 11.8 Å². The minimum absolute atomic E-state index is 0.00305. The highest BCUT2D eigenvalue weighted by Crippen LogP contribution is 2.28. The third-order valence-corrected chi connectivity index (χ3v) is 5.87. The molecule has 1 aliphatic heterocycles. The molecule has 4 amide bonds. The van der Waals surface area contributed by atoms with Crippen LogP contribution < -0.4 is 10.2 Å². The van der Waals surface area contributed by atoms with E-state index < -0.39 is 29.6 Å². The highest BCUT2D eigenvalue weighted by molar-refractivity contribution is 6.39. The molecule has 4 rings (SSSR count). The molecule has 178 valence electrons. The normalized spacial score (nSPS) is 14.9. The summed E-state index contributed by atoms with van der Waals surface area (Å²) in [6, 6.07) is 10.6. The van der Waals surface area contributed by atoms with Crippen molar-refractivity contribution in [3.05, 3.63) is 87.5 Å². The molecular weight excluding hydrogens is 477 g/mol. The second kappa shape index (κ2) is 9.19. The van der Waals surface area contributed by atoms with Crippen LogP contribution in [0.15, 0.2) is 54.1 Å². The van der Waals surface area contributed by atoms with Crippen LogP contribution in [0, 0.1) is 19.7 Å². The molecule has 0 spiro atoms. The van der Waals surface area contributed by atoms with Crippen molar-refractivity contribution in [2.45, 2.75) is 13.8 Å². The van der Waals surface area contributed by atoms with E-state index in [0.717, 1.165) is 11.8 Å². The monoisotopic (exact) mass is 495 g/mol. The molecule has 0 atom stereocenters. The Labute approximate surface area is 204 Å². The number of carbonyl (C=O) groups is 4. The van der Waals surface area contributed by atoms with Crippen molar-refractivity contribution in [3.63, 3.8) is 0 Å². The maximum absolute atomic E-state index is 13.7. The molecule has 0 radical (unpaired) electrons. The van der Waals surface area contributed by atoms with Gasteiger partial charge in [-0.3, -0.25) is 14.9 Å². The maximum atomic E-state index is 13.7. The Morgan fingerprint density at radius 2 is 1.80 bits per heavy atom. The van der Waals surface area contributed by atoms with E-state index in [1.165, 1.54) is 31.4 Å². The van der Waals surface area contributed by atoms with E-state index in [-0.39, 0.29) is 21.8 Å². The number of imide groups is 2. The van der Waals surface area contributed by atoms with Gasteiger partial charge in [0.15, 0.2) is 0 Å². The Hall–Kier alpha value is -4.24. The summed E-state index contributed by atoms with van der Waals surface area (Å²) >= 11 is 6.27. The number of rotatable bonds is 4. The second-order valence-electron chi connectivity index (χ2n) is 7.76. The summed E-state index contributed by atoms with van der Waals surface area (Å²) < 4.78 is 20.2. The van der Waals surface area contributed by atoms with E-state index in [4.69, 9.17) is 16.3 Å². The molecule has 1 saturated heterocycles. The highest BCUT2D eigenvalue weighted by atomic mass is 35.5. The Morgan fingerprint density at radius 3 is 2.46 bits per heavy atom. The van der Waals surface area contributed by atoms with Crippen LogP contribution in [0.25, 0.3) is 11.8 Å². The lowest BCUT2D eigenvalue weighted by atomic mass is 10.1. The number of aryl methyl sites for hydroxylation is 1. The van der Waals surface area contributed by atoms with E-state index in [0.29, 0.717) is 21.8 Å². The number of carbonyl (C=O) groups excluding carboxylic acids is 4. The lowest BCUT2D eigenvalue weighted by Crippen LogP contribution is -2.54. The van der Waals surface area contributed by atoms with Gasteiger partial charge in [0.05, 0.1) is 23.4 Å². The van der Waals surface area contributed by atoms with Crippen molar-refractivity contribution in [2.75, 3.05) is 12.0 Å². The molecular formula is C25H19ClFN3O5. The first-order valence-electron chi connectivity index (χ1n) is 10.4. The van der Waals surface area contributed by atoms with E-state index >= 15 is 0 Å². The number of nitrogens with one attached hydrogen (secondary N) is 1. The lowest BCUT2D eigenvalue weighted by Gasteiger charge is -2.26. The fourth-order valence-electron chi connectivity index (χ4n) is 3.91. The number of hydrogen-bond donors (Lipinski definition) is 1. The number of aromatic nitrogens is 1. The first kappa shape index (κ1) is 23.9. The van der Waals surface area contributed by atoms with Gasteiger partial charge in [-0.25, -0.2) is 18.9 Å². The Bertz CT molecular complexity index is 1440. The van der Waals surface area contributed by atoms with Crippen LogP contribution >= 0.6 is 11.6 Å². The molecule has 1 aliphatic rings. The number of halogens is 2. The quantitative estimate of drug-likeness (QED) is 0.330. The zero-order valence-corrected chi connectivity index (χ0v) is 19.6. The average molecular weight is 496 g/mol. The average Bonchev–Trinajstić information content (AvgIpc) is 3.08. The number of barbiturate groups is 1. The first-order valence-corrected chi connectivity index (χ1v) is 10.7. The number of benzene rings is 2. The van der Waals surface area contributed by atoms with Crippen LogP contribution in [0.5, 0.6) is 0 Å². The molecule has 0 bridgehead atoms. The summed E-state index contributed by atoms with van der Waals surface area (Å²) in [5, 5.41) is 2.32. The Balaban J connectivity index is 1.75. The van der Waals surface area contributed by atoms with Crippen LogP contribution in [0.3, 0.4) is 0 Å². The Morgan fingerprint density at radius 1 is 1.06 bits per heavy atom. The number of amides is 4. The molecule has 1 aromatic heterocycles. The fourth-order valence-corrected chi connectivity index (χ4v) is 4.16. The zero-order valence-electron chi connectivity index (χ0n) is 18.9. The molecule has 0 saturated carbocycles. The van der Waals surface area contributed by atoms with Gasteiger partial charge in [0.2, 0.25) is 0 Å². The van der Waals surface area contributed by atoms with Gasteiger partial charge in [0.1, 0.15) is 11.4 Å². The van der Waals surface area contributed by atoms with Crippen molar-refractivity contribution in [1.29, 1.82) is 0 Å². The highest BCUT2D eigenvalue weighted by Gasteiger charge is 2.37. The largest absolute Gasteiger partial charge is 0.465 e. The van der Waals surface area contributed by atoms with E-state index in [1.807, 2.05) is 11.5 Å². The smallest absolute Gasteiger partial charge is 0.339 e. The van der Waals surface area contributed by atoms with Crippen molar-refractivity contribution < 1.29 is 28.3 Å². The third kappa shape index (κ3) is 4.33. The van der Waals surface area contributed by atoms with E-state index in [2.05, 4.69) is 5.32 Å². The molecule has 1 N–H and O–H groups in total. The maximum Gasteiger partial charge on any atom is 0.339 e. The molecule has 3 aromatic rings. The van der Waals surface area contributed by atoms with Crippen LogP contribution in [-0.2, 0) is 14.3 Å². The number of ether oxygens (including phenoxy) is 1. The van der Waals surface area contributed by atoms with Gasteiger partial charge in [-0.2, -0.15) is 0 Å². The molecule has 0 aliphatic carbocycles. The van der Waals surface area contributed by atoms with Gasteiger partial charge >= 0.3 is 12.0 Å². The number of esters is 1. The number of anilines is 1. The number of hydrogen-bond acceptors (Lipinski definition) is 5. The number of urea groups is 1. The van der Waals surface area contributed by atoms with Crippen LogP contribution in [0.4, 0.5) is 14.9 Å². The number of methoxy groups -OCH3 is 1. The fraction of sp³-hybridized carbons (Fsp3) is 0.120. The molecule has 2 heterocycles. The van der Waals surface area contributed by atoms with Gasteiger partial charge in [-0.15, -0.1) is 0 Å². The standard InChI is InChI=1S/C25H19ClFN3O5/c1-13-9-15(14(2)29(13)18-7-8-19(21(26)12-18)24(33)35-3)10-20-22(31)28-25(34)30(23(20)32)17-6-4-5-16(27)11-17/h4-12H,1-3H3,(H,28,31,34)/b20-10+. The molecule has 8 nitrogen and oxygen atoms in total. The topological polar surface area (TPSA) is 97.7 Å². The lowest BCUT2D eigenvalue weighted by molar-refractivity contribution is -0.122. The van der Waals surface area contributed by atoms with Crippen LogP contribution in [0.1, 0.15) is 27.3 Å². The summed E-state index contributed by atoms with van der Waals surface area (Å²) in [5.41, 5.74) is 2.56. The third-order valence-electron chi connectivity index (χ3n) is 5.55. The van der Waals surface area contributed by atoms with E-state index in [1.54, 1.807) is 31.2 Å². The number of nitrogens with zero attached hydrogens (tertiary/aromatic N) is 2. The second-order valence-corrected chi connectivity index (χ2v) is 8.16. The van der Waals surface area contributed by atoms with Crippen LogP contribution in [0.2, 0.25) is 5.02 Å². The van der Waals surface area contributed by atoms with Crippen LogP contribution in [-0.4, -0.2) is 35.5 Å². The summed E-state index contributed by atoms with van der Waals surface area (Å²) in [4.78, 5) is 50.5. The predicted molar refractivity (Wildman–Crippen MR) is 127 cm³/mol. The van der Waals surface area contributed by atoms with Gasteiger partial charge in [-0.05, 0) is 68.0 Å². The summed E-state index contributed by atoms with van der Waals surface area (Å²) in [7, 11) is 1.26. The van der Waals surface area contributed by atoms with Crippen molar-refractivity contribution in [1.82, 2.24) is 9.88 Å². The molecule has 1 fully saturated rings. The summed E-state index contributed by atoms with van der Waals surface area (Å²) in [6.45, 7) is 3.60. The van der Waals surface area contributed by atoms with Crippen molar-refractivity contribution in [3.8, 4) is 5.69 Å². The van der Waals surface area contributed by atoms with Crippen molar-refractivity contribution >= 4 is 47.2 Å². The minimum atomic E-state index is -0.964.